The molecule has 1 saturated heterocycles. The van der Waals surface area contributed by atoms with E-state index < -0.39 is 12.2 Å². The first-order valence-electron chi connectivity index (χ1n) is 9.57. The maximum absolute atomic E-state index is 14.1. The molecule has 4 atom stereocenters. The number of carbonyl (C=O) groups excluding carboxylic acids is 1. The third kappa shape index (κ3) is 3.90. The molecule has 3 rings (SSSR count). The average molecular weight is 368 g/mol. The number of hydrogen-bond donors (Lipinski definition) is 1. The van der Waals surface area contributed by atoms with Crippen LogP contribution in [0.15, 0.2) is 30.3 Å². The second kappa shape index (κ2) is 7.99. The lowest BCUT2D eigenvalue weighted by Crippen LogP contribution is -2.50. The molecule has 6 heteroatoms. The Morgan fingerprint density at radius 3 is 2.62 bits per heavy atom. The summed E-state index contributed by atoms with van der Waals surface area (Å²) in [5.74, 6) is 0.135. The number of fused-ring (bicyclic) bond motifs is 1. The molecule has 1 aliphatic carbocycles. The highest BCUT2D eigenvalue weighted by Crippen LogP contribution is 2.45. The number of amides is 1. The van der Waals surface area contributed by atoms with Gasteiger partial charge < -0.3 is 10.2 Å². The molecule has 1 aromatic rings. The SMILES string of the molecule is CCCCC(=O)N(C1CCC2CNCC21)C(c1ccccc1)C(F)(F)F. The Morgan fingerprint density at radius 1 is 1.23 bits per heavy atom. The number of unbranched alkanes of at least 4 members (excludes halogenated alkanes) is 1. The van der Waals surface area contributed by atoms with Gasteiger partial charge in [0, 0.05) is 19.0 Å². The fraction of sp³-hybridized carbons (Fsp3) is 0.650. The molecule has 1 amide bonds. The number of rotatable bonds is 6. The van der Waals surface area contributed by atoms with Crippen molar-refractivity contribution in [3.8, 4) is 0 Å². The van der Waals surface area contributed by atoms with E-state index in [0.29, 0.717) is 25.3 Å². The molecular weight excluding hydrogens is 341 g/mol. The number of hydrogen-bond acceptors (Lipinski definition) is 2. The largest absolute Gasteiger partial charge is 0.413 e. The molecule has 2 fully saturated rings. The molecule has 26 heavy (non-hydrogen) atoms. The van der Waals surface area contributed by atoms with Crippen molar-refractivity contribution < 1.29 is 18.0 Å². The predicted molar refractivity (Wildman–Crippen MR) is 94.5 cm³/mol. The van der Waals surface area contributed by atoms with Gasteiger partial charge in [-0.3, -0.25) is 4.79 Å². The van der Waals surface area contributed by atoms with Crippen LogP contribution in [0.3, 0.4) is 0 Å². The van der Waals surface area contributed by atoms with Crippen LogP contribution in [0.2, 0.25) is 0 Å². The first-order valence-corrected chi connectivity index (χ1v) is 9.57. The van der Waals surface area contributed by atoms with Crippen LogP contribution in [0.25, 0.3) is 0 Å². The zero-order chi connectivity index (χ0) is 18.7. The van der Waals surface area contributed by atoms with Crippen LogP contribution < -0.4 is 5.32 Å². The van der Waals surface area contributed by atoms with Gasteiger partial charge in [-0.2, -0.15) is 13.2 Å². The van der Waals surface area contributed by atoms with Gasteiger partial charge in [0.1, 0.15) is 0 Å². The van der Waals surface area contributed by atoms with Crippen LogP contribution in [0.5, 0.6) is 0 Å². The summed E-state index contributed by atoms with van der Waals surface area (Å²) in [6.45, 7) is 3.50. The molecule has 4 unspecified atom stereocenters. The summed E-state index contributed by atoms with van der Waals surface area (Å²) in [5, 5.41) is 3.29. The minimum atomic E-state index is -4.49. The minimum Gasteiger partial charge on any atom is -0.323 e. The van der Waals surface area contributed by atoms with Crippen LogP contribution in [-0.2, 0) is 4.79 Å². The van der Waals surface area contributed by atoms with E-state index in [9.17, 15) is 18.0 Å². The lowest BCUT2D eigenvalue weighted by atomic mass is 9.93. The molecule has 0 spiro atoms. The summed E-state index contributed by atoms with van der Waals surface area (Å²) in [6.07, 6.45) is -1.36. The van der Waals surface area contributed by atoms with Gasteiger partial charge in [0.15, 0.2) is 6.04 Å². The van der Waals surface area contributed by atoms with Crippen molar-refractivity contribution >= 4 is 5.91 Å². The van der Waals surface area contributed by atoms with Crippen molar-refractivity contribution in [1.82, 2.24) is 10.2 Å². The smallest absolute Gasteiger partial charge is 0.323 e. The van der Waals surface area contributed by atoms with Crippen LogP contribution >= 0.6 is 0 Å². The highest BCUT2D eigenvalue weighted by atomic mass is 19.4. The van der Waals surface area contributed by atoms with E-state index in [2.05, 4.69) is 5.32 Å². The van der Waals surface area contributed by atoms with E-state index in [1.165, 1.54) is 17.0 Å². The number of alkyl halides is 3. The normalized spacial score (nSPS) is 26.5. The van der Waals surface area contributed by atoms with Crippen LogP contribution in [-0.4, -0.2) is 36.1 Å². The van der Waals surface area contributed by atoms with Gasteiger partial charge in [-0.1, -0.05) is 43.7 Å². The number of nitrogens with zero attached hydrogens (tertiary/aromatic N) is 1. The first kappa shape index (κ1) is 19.2. The van der Waals surface area contributed by atoms with Gasteiger partial charge in [-0.15, -0.1) is 0 Å². The van der Waals surface area contributed by atoms with Crippen molar-refractivity contribution in [3.63, 3.8) is 0 Å². The van der Waals surface area contributed by atoms with Gasteiger partial charge in [0.2, 0.25) is 5.91 Å². The van der Waals surface area contributed by atoms with E-state index in [1.54, 1.807) is 18.2 Å². The van der Waals surface area contributed by atoms with Crippen molar-refractivity contribution in [2.45, 2.75) is 57.3 Å². The summed E-state index contributed by atoms with van der Waals surface area (Å²) in [7, 11) is 0. The zero-order valence-electron chi connectivity index (χ0n) is 15.1. The summed E-state index contributed by atoms with van der Waals surface area (Å²) in [4.78, 5) is 14.1. The van der Waals surface area contributed by atoms with Gasteiger partial charge in [0.05, 0.1) is 0 Å². The van der Waals surface area contributed by atoms with Crippen molar-refractivity contribution in [2.24, 2.45) is 11.8 Å². The molecule has 1 aromatic carbocycles. The van der Waals surface area contributed by atoms with E-state index >= 15 is 0 Å². The highest BCUT2D eigenvalue weighted by Gasteiger charge is 2.52. The van der Waals surface area contributed by atoms with Crippen LogP contribution in [0, 0.1) is 11.8 Å². The number of benzene rings is 1. The highest BCUT2D eigenvalue weighted by molar-refractivity contribution is 5.77. The lowest BCUT2D eigenvalue weighted by molar-refractivity contribution is -0.199. The molecule has 1 N–H and O–H groups in total. The summed E-state index contributed by atoms with van der Waals surface area (Å²) in [5.41, 5.74) is 0.152. The Morgan fingerprint density at radius 2 is 1.96 bits per heavy atom. The maximum atomic E-state index is 14.1. The molecule has 3 nitrogen and oxygen atoms in total. The molecule has 144 valence electrons. The fourth-order valence-electron chi connectivity index (χ4n) is 4.58. The zero-order valence-corrected chi connectivity index (χ0v) is 15.1. The molecule has 0 aromatic heterocycles. The topological polar surface area (TPSA) is 32.3 Å². The average Bonchev–Trinajstić information content (AvgIpc) is 3.21. The third-order valence-electron chi connectivity index (χ3n) is 5.81. The van der Waals surface area contributed by atoms with E-state index in [-0.39, 0.29) is 29.9 Å². The molecule has 0 radical (unpaired) electrons. The van der Waals surface area contributed by atoms with Crippen molar-refractivity contribution in [1.29, 1.82) is 0 Å². The Hall–Kier alpha value is -1.56. The Bertz CT molecular complexity index is 605. The fourth-order valence-corrected chi connectivity index (χ4v) is 4.58. The standard InChI is InChI=1S/C20H27F3N2O/c1-2-3-9-18(26)25(17-11-10-15-12-24-13-16(15)17)19(20(21,22)23)14-7-5-4-6-8-14/h4-8,15-17,19,24H,2-3,9-13H2,1H3. The molecule has 0 bridgehead atoms. The molecule has 2 aliphatic rings. The Kier molecular flexibility index (Phi) is 5.90. The van der Waals surface area contributed by atoms with Gasteiger partial charge in [-0.05, 0) is 43.2 Å². The monoisotopic (exact) mass is 368 g/mol. The Labute approximate surface area is 152 Å². The summed E-state index contributed by atoms with van der Waals surface area (Å²) in [6, 6.07) is 5.68. The second-order valence-electron chi connectivity index (χ2n) is 7.49. The van der Waals surface area contributed by atoms with Crippen molar-refractivity contribution in [2.75, 3.05) is 13.1 Å². The summed E-state index contributed by atoms with van der Waals surface area (Å²) >= 11 is 0. The molecular formula is C20H27F3N2O. The Balaban J connectivity index is 1.98. The van der Waals surface area contributed by atoms with Gasteiger partial charge >= 0.3 is 6.18 Å². The quantitative estimate of drug-likeness (QED) is 0.812. The third-order valence-corrected chi connectivity index (χ3v) is 5.81. The first-order chi connectivity index (χ1) is 12.4. The van der Waals surface area contributed by atoms with E-state index in [1.807, 2.05) is 6.92 Å². The van der Waals surface area contributed by atoms with Crippen molar-refractivity contribution in [3.05, 3.63) is 35.9 Å². The number of nitrogens with one attached hydrogen (secondary N) is 1. The molecule has 1 heterocycles. The second-order valence-corrected chi connectivity index (χ2v) is 7.49. The van der Waals surface area contributed by atoms with Crippen LogP contribution in [0.4, 0.5) is 13.2 Å². The van der Waals surface area contributed by atoms with Gasteiger partial charge in [-0.25, -0.2) is 0 Å². The minimum absolute atomic E-state index is 0.120. The van der Waals surface area contributed by atoms with E-state index in [0.717, 1.165) is 19.4 Å². The van der Waals surface area contributed by atoms with Gasteiger partial charge in [0.25, 0.3) is 0 Å². The van der Waals surface area contributed by atoms with Crippen LogP contribution in [0.1, 0.15) is 50.6 Å². The molecule has 1 saturated carbocycles. The maximum Gasteiger partial charge on any atom is 0.413 e. The summed E-state index contributed by atoms with van der Waals surface area (Å²) < 4.78 is 42.4. The molecule has 1 aliphatic heterocycles. The number of carbonyl (C=O) groups is 1. The number of halogens is 3. The van der Waals surface area contributed by atoms with E-state index in [4.69, 9.17) is 0 Å². The lowest BCUT2D eigenvalue weighted by Gasteiger charge is -2.40. The predicted octanol–water partition coefficient (Wildman–Crippen LogP) is 4.31.